The van der Waals surface area contributed by atoms with Gasteiger partial charge in [-0.15, -0.1) is 0 Å². The van der Waals surface area contributed by atoms with Crippen molar-refractivity contribution < 1.29 is 13.2 Å². The molecule has 0 saturated carbocycles. The Labute approximate surface area is 139 Å². The molecule has 2 heterocycles. The number of hydrogen-bond acceptors (Lipinski definition) is 5. The van der Waals surface area contributed by atoms with Gasteiger partial charge < -0.3 is 5.73 Å². The van der Waals surface area contributed by atoms with Crippen molar-refractivity contribution in [3.8, 4) is 17.3 Å². The van der Waals surface area contributed by atoms with Crippen LogP contribution < -0.4 is 11.3 Å². The molecule has 0 aliphatic heterocycles. The van der Waals surface area contributed by atoms with E-state index < -0.39 is 18.3 Å². The maximum Gasteiger partial charge on any atom is 0.406 e. The molecule has 3 aromatic rings. The first-order valence-corrected chi connectivity index (χ1v) is 7.02. The summed E-state index contributed by atoms with van der Waals surface area (Å²) in [6, 6.07) is 9.17. The Morgan fingerprint density at radius 2 is 2.04 bits per heavy atom. The molecule has 0 bridgehead atoms. The highest BCUT2D eigenvalue weighted by molar-refractivity contribution is 5.85. The summed E-state index contributed by atoms with van der Waals surface area (Å²) in [5.41, 5.74) is 4.92. The molecule has 0 fully saturated rings. The SMILES string of the molecule is N#Cc1cccc(-c2nc3c(N)ccnc3n(CC(F)(F)F)c2=O)c1. The van der Waals surface area contributed by atoms with E-state index in [0.717, 1.165) is 0 Å². The number of nitrogens with zero attached hydrogens (tertiary/aromatic N) is 4. The Bertz CT molecular complexity index is 1070. The molecule has 9 heteroatoms. The van der Waals surface area contributed by atoms with Gasteiger partial charge in [-0.2, -0.15) is 18.4 Å². The second kappa shape index (κ2) is 5.90. The molecule has 25 heavy (non-hydrogen) atoms. The monoisotopic (exact) mass is 345 g/mol. The standard InChI is InChI=1S/C16H10F3N5O/c17-16(18,19)8-24-14-13(11(21)4-5-22-14)23-12(15(24)25)10-3-1-2-9(6-10)7-20/h1-6H,8H2,(H2,21,22). The van der Waals surface area contributed by atoms with Crippen LogP contribution in [-0.2, 0) is 6.54 Å². The van der Waals surface area contributed by atoms with Gasteiger partial charge in [-0.1, -0.05) is 12.1 Å². The fourth-order valence-corrected chi connectivity index (χ4v) is 2.40. The lowest BCUT2D eigenvalue weighted by atomic mass is 10.1. The van der Waals surface area contributed by atoms with Crippen LogP contribution in [0.5, 0.6) is 0 Å². The van der Waals surface area contributed by atoms with Gasteiger partial charge in [0.1, 0.15) is 17.8 Å². The van der Waals surface area contributed by atoms with Gasteiger partial charge in [-0.25, -0.2) is 9.97 Å². The molecule has 0 radical (unpaired) electrons. The predicted octanol–water partition coefficient (Wildman–Crippen LogP) is 2.47. The summed E-state index contributed by atoms with van der Waals surface area (Å²) in [5, 5.41) is 8.97. The summed E-state index contributed by atoms with van der Waals surface area (Å²) in [7, 11) is 0. The van der Waals surface area contributed by atoms with Gasteiger partial charge in [0.25, 0.3) is 5.56 Å². The van der Waals surface area contributed by atoms with E-state index in [1.54, 1.807) is 0 Å². The van der Waals surface area contributed by atoms with Crippen LogP contribution in [0.1, 0.15) is 5.56 Å². The zero-order chi connectivity index (χ0) is 18.2. The minimum Gasteiger partial charge on any atom is -0.397 e. The average molecular weight is 345 g/mol. The molecule has 0 unspecified atom stereocenters. The molecule has 2 aromatic heterocycles. The van der Waals surface area contributed by atoms with Crippen molar-refractivity contribution in [2.75, 3.05) is 5.73 Å². The van der Waals surface area contributed by atoms with E-state index in [0.29, 0.717) is 4.57 Å². The second-order valence-corrected chi connectivity index (χ2v) is 5.23. The minimum absolute atomic E-state index is 0.0105. The molecule has 3 rings (SSSR count). The van der Waals surface area contributed by atoms with Gasteiger partial charge in [0, 0.05) is 11.8 Å². The number of halogens is 3. The topological polar surface area (TPSA) is 97.6 Å². The Kier molecular flexibility index (Phi) is 3.88. The van der Waals surface area contributed by atoms with Crippen LogP contribution in [-0.4, -0.2) is 20.7 Å². The van der Waals surface area contributed by atoms with Crippen molar-refractivity contribution in [3.63, 3.8) is 0 Å². The molecule has 0 aliphatic carbocycles. The third-order valence-electron chi connectivity index (χ3n) is 3.47. The maximum atomic E-state index is 12.9. The summed E-state index contributed by atoms with van der Waals surface area (Å²) < 4.78 is 39.3. The first kappa shape index (κ1) is 16.4. The number of nitrogens with two attached hydrogens (primary N) is 1. The van der Waals surface area contributed by atoms with Crippen LogP contribution >= 0.6 is 0 Å². The van der Waals surface area contributed by atoms with E-state index in [-0.39, 0.29) is 33.7 Å². The van der Waals surface area contributed by atoms with Gasteiger partial charge in [-0.05, 0) is 18.2 Å². The Balaban J connectivity index is 2.37. The summed E-state index contributed by atoms with van der Waals surface area (Å²) in [6.07, 6.45) is -3.42. The number of fused-ring (bicyclic) bond motifs is 1. The van der Waals surface area contributed by atoms with Crippen LogP contribution in [0.15, 0.2) is 41.3 Å². The van der Waals surface area contributed by atoms with Crippen LogP contribution in [0.3, 0.4) is 0 Å². The van der Waals surface area contributed by atoms with Gasteiger partial charge in [0.05, 0.1) is 17.3 Å². The van der Waals surface area contributed by atoms with Gasteiger partial charge in [0.2, 0.25) is 0 Å². The molecule has 1 aromatic carbocycles. The van der Waals surface area contributed by atoms with E-state index in [9.17, 15) is 18.0 Å². The molecule has 0 amide bonds. The van der Waals surface area contributed by atoms with E-state index in [1.807, 2.05) is 6.07 Å². The lowest BCUT2D eigenvalue weighted by molar-refractivity contribution is -0.140. The van der Waals surface area contributed by atoms with Crippen molar-refractivity contribution in [1.82, 2.24) is 14.5 Å². The average Bonchev–Trinajstić information content (AvgIpc) is 2.56. The van der Waals surface area contributed by atoms with Crippen molar-refractivity contribution in [2.24, 2.45) is 0 Å². The molecule has 0 saturated heterocycles. The third kappa shape index (κ3) is 3.14. The van der Waals surface area contributed by atoms with Crippen LogP contribution in [0.25, 0.3) is 22.4 Å². The largest absolute Gasteiger partial charge is 0.406 e. The highest BCUT2D eigenvalue weighted by atomic mass is 19.4. The highest BCUT2D eigenvalue weighted by Crippen LogP contribution is 2.24. The first-order chi connectivity index (χ1) is 11.8. The predicted molar refractivity (Wildman–Crippen MR) is 84.4 cm³/mol. The molecule has 6 nitrogen and oxygen atoms in total. The van der Waals surface area contributed by atoms with E-state index in [2.05, 4.69) is 9.97 Å². The summed E-state index contributed by atoms with van der Waals surface area (Å²) >= 11 is 0. The lowest BCUT2D eigenvalue weighted by Crippen LogP contribution is -2.31. The van der Waals surface area contributed by atoms with Crippen molar-refractivity contribution in [3.05, 3.63) is 52.4 Å². The zero-order valence-electron chi connectivity index (χ0n) is 12.6. The molecule has 2 N–H and O–H groups in total. The van der Waals surface area contributed by atoms with E-state index >= 15 is 0 Å². The summed E-state index contributed by atoms with van der Waals surface area (Å²) in [5.74, 6) is 0. The molecular weight excluding hydrogens is 335 g/mol. The molecule has 0 atom stereocenters. The number of rotatable bonds is 2. The quantitative estimate of drug-likeness (QED) is 0.769. The number of benzene rings is 1. The Hall–Kier alpha value is -3.41. The highest BCUT2D eigenvalue weighted by Gasteiger charge is 2.30. The van der Waals surface area contributed by atoms with E-state index in [4.69, 9.17) is 11.0 Å². The fraction of sp³-hybridized carbons (Fsp3) is 0.125. The van der Waals surface area contributed by atoms with Gasteiger partial charge in [0.15, 0.2) is 5.65 Å². The number of alkyl halides is 3. The first-order valence-electron chi connectivity index (χ1n) is 7.02. The number of nitrogen functional groups attached to an aromatic ring is 1. The van der Waals surface area contributed by atoms with Crippen LogP contribution in [0, 0.1) is 11.3 Å². The lowest BCUT2D eigenvalue weighted by Gasteiger charge is -2.14. The van der Waals surface area contributed by atoms with Crippen LogP contribution in [0.4, 0.5) is 18.9 Å². The second-order valence-electron chi connectivity index (χ2n) is 5.23. The fourth-order valence-electron chi connectivity index (χ4n) is 2.40. The number of pyridine rings is 1. The molecule has 0 spiro atoms. The minimum atomic E-state index is -4.63. The molecule has 0 aliphatic rings. The Morgan fingerprint density at radius 1 is 1.28 bits per heavy atom. The van der Waals surface area contributed by atoms with Gasteiger partial charge in [-0.3, -0.25) is 9.36 Å². The number of hydrogen-bond donors (Lipinski definition) is 1. The smallest absolute Gasteiger partial charge is 0.397 e. The summed E-state index contributed by atoms with van der Waals surface area (Å²) in [4.78, 5) is 20.5. The maximum absolute atomic E-state index is 12.9. The third-order valence-corrected chi connectivity index (χ3v) is 3.47. The summed E-state index contributed by atoms with van der Waals surface area (Å²) in [6.45, 7) is -1.52. The van der Waals surface area contributed by atoms with Crippen molar-refractivity contribution in [2.45, 2.75) is 12.7 Å². The normalized spacial score (nSPS) is 11.4. The number of anilines is 1. The molecular formula is C16H10F3N5O. The Morgan fingerprint density at radius 3 is 2.72 bits per heavy atom. The van der Waals surface area contributed by atoms with Gasteiger partial charge >= 0.3 is 6.18 Å². The van der Waals surface area contributed by atoms with Crippen LogP contribution in [0.2, 0.25) is 0 Å². The molecule has 126 valence electrons. The van der Waals surface area contributed by atoms with Crippen molar-refractivity contribution in [1.29, 1.82) is 5.26 Å². The van der Waals surface area contributed by atoms with Crippen molar-refractivity contribution >= 4 is 16.9 Å². The number of aromatic nitrogens is 3. The number of nitriles is 1. The van der Waals surface area contributed by atoms with E-state index in [1.165, 1.54) is 36.5 Å². The zero-order valence-corrected chi connectivity index (χ0v) is 12.6.